The minimum atomic E-state index is -0.324. The Bertz CT molecular complexity index is 415. The Morgan fingerprint density at radius 2 is 1.50 bits per heavy atom. The number of hydrogen-bond donors (Lipinski definition) is 0. The van der Waals surface area contributed by atoms with Gasteiger partial charge in [-0.2, -0.15) is 0 Å². The molecule has 0 atom stereocenters. The van der Waals surface area contributed by atoms with E-state index in [1.165, 1.54) is 0 Å². The highest BCUT2D eigenvalue weighted by Gasteiger charge is 2.12. The molecule has 20 heavy (non-hydrogen) atoms. The van der Waals surface area contributed by atoms with Gasteiger partial charge in [-0.3, -0.25) is 0 Å². The molecule has 0 aliphatic carbocycles. The van der Waals surface area contributed by atoms with Crippen molar-refractivity contribution in [3.8, 4) is 11.5 Å². The van der Waals surface area contributed by atoms with Crippen LogP contribution in [0.2, 0.25) is 0 Å². The maximum absolute atomic E-state index is 11.8. The van der Waals surface area contributed by atoms with Crippen molar-refractivity contribution >= 4 is 5.97 Å². The Hall–Kier alpha value is -1.71. The highest BCUT2D eigenvalue weighted by atomic mass is 16.5. The van der Waals surface area contributed by atoms with Crippen LogP contribution in [-0.4, -0.2) is 25.8 Å². The minimum Gasteiger partial charge on any atom is -0.490 e. The molecule has 0 spiro atoms. The van der Waals surface area contributed by atoms with Crippen molar-refractivity contribution in [2.75, 3.05) is 19.8 Å². The van der Waals surface area contributed by atoms with Crippen molar-refractivity contribution in [1.29, 1.82) is 0 Å². The summed E-state index contributed by atoms with van der Waals surface area (Å²) < 4.78 is 16.4. The topological polar surface area (TPSA) is 44.8 Å². The average molecular weight is 280 g/mol. The quantitative estimate of drug-likeness (QED) is 0.645. The smallest absolute Gasteiger partial charge is 0.338 e. The summed E-state index contributed by atoms with van der Waals surface area (Å²) in [5, 5.41) is 0. The van der Waals surface area contributed by atoms with Gasteiger partial charge in [0.15, 0.2) is 11.5 Å². The lowest BCUT2D eigenvalue weighted by Crippen LogP contribution is -2.07. The SMILES string of the molecule is CCCOC(=O)c1ccc(OCCC)c(OCCC)c1. The van der Waals surface area contributed by atoms with E-state index in [0.29, 0.717) is 36.9 Å². The lowest BCUT2D eigenvalue weighted by atomic mass is 10.2. The third-order valence-electron chi connectivity index (χ3n) is 2.54. The van der Waals surface area contributed by atoms with E-state index >= 15 is 0 Å². The summed E-state index contributed by atoms with van der Waals surface area (Å²) in [5.74, 6) is 0.953. The highest BCUT2D eigenvalue weighted by molar-refractivity contribution is 5.90. The zero-order valence-corrected chi connectivity index (χ0v) is 12.6. The first-order valence-corrected chi connectivity index (χ1v) is 7.29. The lowest BCUT2D eigenvalue weighted by molar-refractivity contribution is 0.0504. The van der Waals surface area contributed by atoms with E-state index in [1.807, 2.05) is 20.8 Å². The van der Waals surface area contributed by atoms with Crippen molar-refractivity contribution in [2.24, 2.45) is 0 Å². The van der Waals surface area contributed by atoms with Crippen molar-refractivity contribution in [2.45, 2.75) is 40.0 Å². The number of esters is 1. The third kappa shape index (κ3) is 5.11. The van der Waals surface area contributed by atoms with Gasteiger partial charge in [-0.25, -0.2) is 4.79 Å². The fourth-order valence-electron chi connectivity index (χ4n) is 1.57. The lowest BCUT2D eigenvalue weighted by Gasteiger charge is -2.13. The Morgan fingerprint density at radius 1 is 0.900 bits per heavy atom. The molecule has 0 aliphatic rings. The molecule has 0 amide bonds. The predicted octanol–water partition coefficient (Wildman–Crippen LogP) is 3.83. The number of carbonyl (C=O) groups is 1. The van der Waals surface area contributed by atoms with Gasteiger partial charge in [-0.1, -0.05) is 20.8 Å². The van der Waals surface area contributed by atoms with Gasteiger partial charge in [-0.05, 0) is 37.5 Å². The summed E-state index contributed by atoms with van der Waals surface area (Å²) >= 11 is 0. The molecular weight excluding hydrogens is 256 g/mol. The van der Waals surface area contributed by atoms with Gasteiger partial charge in [0.1, 0.15) is 0 Å². The molecule has 0 saturated carbocycles. The van der Waals surface area contributed by atoms with Crippen LogP contribution in [0, 0.1) is 0 Å². The summed E-state index contributed by atoms with van der Waals surface area (Å²) in [6.45, 7) is 7.69. The third-order valence-corrected chi connectivity index (χ3v) is 2.54. The molecule has 0 unspecified atom stereocenters. The molecule has 112 valence electrons. The Balaban J connectivity index is 2.85. The Morgan fingerprint density at radius 3 is 2.10 bits per heavy atom. The molecule has 1 aromatic rings. The molecule has 0 N–H and O–H groups in total. The number of rotatable bonds is 9. The van der Waals surface area contributed by atoms with Gasteiger partial charge < -0.3 is 14.2 Å². The van der Waals surface area contributed by atoms with Crippen LogP contribution in [0.1, 0.15) is 50.4 Å². The van der Waals surface area contributed by atoms with Crippen LogP contribution in [0.3, 0.4) is 0 Å². The second kappa shape index (κ2) is 9.23. The molecule has 0 saturated heterocycles. The van der Waals surface area contributed by atoms with E-state index in [-0.39, 0.29) is 5.97 Å². The van der Waals surface area contributed by atoms with E-state index in [9.17, 15) is 4.79 Å². The van der Waals surface area contributed by atoms with Crippen LogP contribution in [0.5, 0.6) is 11.5 Å². The summed E-state index contributed by atoms with van der Waals surface area (Å²) in [6, 6.07) is 5.17. The van der Waals surface area contributed by atoms with Crippen LogP contribution in [0.25, 0.3) is 0 Å². The zero-order valence-electron chi connectivity index (χ0n) is 12.6. The monoisotopic (exact) mass is 280 g/mol. The van der Waals surface area contributed by atoms with Gasteiger partial charge in [0.2, 0.25) is 0 Å². The van der Waals surface area contributed by atoms with E-state index in [1.54, 1.807) is 18.2 Å². The fraction of sp³-hybridized carbons (Fsp3) is 0.562. The first-order valence-electron chi connectivity index (χ1n) is 7.29. The molecule has 0 radical (unpaired) electrons. The number of carbonyl (C=O) groups excluding carboxylic acids is 1. The second-order valence-electron chi connectivity index (χ2n) is 4.49. The van der Waals surface area contributed by atoms with Crippen molar-refractivity contribution in [1.82, 2.24) is 0 Å². The maximum atomic E-state index is 11.8. The largest absolute Gasteiger partial charge is 0.490 e. The van der Waals surface area contributed by atoms with E-state index in [2.05, 4.69) is 0 Å². The number of benzene rings is 1. The first kappa shape index (κ1) is 16.3. The molecule has 0 heterocycles. The van der Waals surface area contributed by atoms with Crippen LogP contribution in [0.4, 0.5) is 0 Å². The molecule has 4 heteroatoms. The maximum Gasteiger partial charge on any atom is 0.338 e. The number of hydrogen-bond acceptors (Lipinski definition) is 4. The van der Waals surface area contributed by atoms with Crippen LogP contribution in [0.15, 0.2) is 18.2 Å². The van der Waals surface area contributed by atoms with Gasteiger partial charge in [0.05, 0.1) is 25.4 Å². The van der Waals surface area contributed by atoms with Crippen LogP contribution < -0.4 is 9.47 Å². The van der Waals surface area contributed by atoms with Gasteiger partial charge in [0, 0.05) is 0 Å². The normalized spacial score (nSPS) is 10.2. The summed E-state index contributed by atoms with van der Waals surface area (Å²) in [4.78, 5) is 11.8. The van der Waals surface area contributed by atoms with E-state index in [4.69, 9.17) is 14.2 Å². The summed E-state index contributed by atoms with van der Waals surface area (Å²) in [7, 11) is 0. The standard InChI is InChI=1S/C16H24O4/c1-4-9-18-14-8-7-13(16(17)20-11-6-3)12-15(14)19-10-5-2/h7-8,12H,4-6,9-11H2,1-3H3. The van der Waals surface area contributed by atoms with E-state index in [0.717, 1.165) is 19.3 Å². The molecule has 4 nitrogen and oxygen atoms in total. The van der Waals surface area contributed by atoms with Crippen molar-refractivity contribution in [3.05, 3.63) is 23.8 Å². The minimum absolute atomic E-state index is 0.324. The number of ether oxygens (including phenoxy) is 3. The molecule has 0 aliphatic heterocycles. The highest BCUT2D eigenvalue weighted by Crippen LogP contribution is 2.29. The van der Waals surface area contributed by atoms with Gasteiger partial charge in [0.25, 0.3) is 0 Å². The average Bonchev–Trinajstić information content (AvgIpc) is 2.48. The van der Waals surface area contributed by atoms with Gasteiger partial charge >= 0.3 is 5.97 Å². The summed E-state index contributed by atoms with van der Waals surface area (Å²) in [6.07, 6.45) is 2.63. The summed E-state index contributed by atoms with van der Waals surface area (Å²) in [5.41, 5.74) is 0.494. The molecule has 1 aromatic carbocycles. The first-order chi connectivity index (χ1) is 9.72. The Kier molecular flexibility index (Phi) is 7.55. The second-order valence-corrected chi connectivity index (χ2v) is 4.49. The van der Waals surface area contributed by atoms with Gasteiger partial charge in [-0.15, -0.1) is 0 Å². The molecule has 1 rings (SSSR count). The van der Waals surface area contributed by atoms with Crippen molar-refractivity contribution < 1.29 is 19.0 Å². The molecule has 0 aromatic heterocycles. The zero-order chi connectivity index (χ0) is 14.8. The van der Waals surface area contributed by atoms with Crippen LogP contribution in [-0.2, 0) is 4.74 Å². The molecule has 0 fully saturated rings. The molecular formula is C16H24O4. The van der Waals surface area contributed by atoms with Crippen LogP contribution >= 0.6 is 0 Å². The fourth-order valence-corrected chi connectivity index (χ4v) is 1.57. The van der Waals surface area contributed by atoms with Crippen molar-refractivity contribution in [3.63, 3.8) is 0 Å². The Labute approximate surface area is 121 Å². The predicted molar refractivity (Wildman–Crippen MR) is 78.6 cm³/mol. The van der Waals surface area contributed by atoms with E-state index < -0.39 is 0 Å². The molecule has 0 bridgehead atoms.